The Labute approximate surface area is 150 Å². The van der Waals surface area contributed by atoms with Gasteiger partial charge in [-0.2, -0.15) is 0 Å². The summed E-state index contributed by atoms with van der Waals surface area (Å²) in [5.41, 5.74) is 2.15. The molecule has 0 unspecified atom stereocenters. The third-order valence-electron chi connectivity index (χ3n) is 4.78. The Morgan fingerprint density at radius 1 is 1.00 bits per heavy atom. The topological polar surface area (TPSA) is 66.4 Å². The smallest absolute Gasteiger partial charge is 0.240 e. The lowest BCUT2D eigenvalue weighted by atomic mass is 9.87. The maximum absolute atomic E-state index is 12.5. The Morgan fingerprint density at radius 2 is 1.52 bits per heavy atom. The summed E-state index contributed by atoms with van der Waals surface area (Å²) in [6.45, 7) is 6.26. The molecule has 4 nitrogen and oxygen atoms in total. The van der Waals surface area contributed by atoms with Crippen molar-refractivity contribution in [1.82, 2.24) is 4.72 Å². The summed E-state index contributed by atoms with van der Waals surface area (Å²) in [6.07, 6.45) is 0.934. The number of sulfonamides is 1. The van der Waals surface area contributed by atoms with Crippen LogP contribution in [0, 0.1) is 0 Å². The molecule has 0 bridgehead atoms. The van der Waals surface area contributed by atoms with Gasteiger partial charge in [0.1, 0.15) is 0 Å². The fourth-order valence-corrected chi connectivity index (χ4v) is 4.37. The third kappa shape index (κ3) is 3.94. The lowest BCUT2D eigenvalue weighted by Gasteiger charge is -2.23. The average Bonchev–Trinajstić information content (AvgIpc) is 2.89. The Kier molecular flexibility index (Phi) is 4.52. The van der Waals surface area contributed by atoms with E-state index in [0.717, 1.165) is 16.7 Å². The highest BCUT2D eigenvalue weighted by Gasteiger charge is 2.36. The molecule has 134 valence electrons. The van der Waals surface area contributed by atoms with Gasteiger partial charge in [-0.25, -0.2) is 13.1 Å². The molecule has 0 aromatic heterocycles. The Hall–Kier alpha value is -1.69. The molecule has 25 heavy (non-hydrogen) atoms. The van der Waals surface area contributed by atoms with Crippen LogP contribution in [0.1, 0.15) is 37.5 Å². The van der Waals surface area contributed by atoms with Crippen molar-refractivity contribution in [2.75, 3.05) is 6.54 Å². The largest absolute Gasteiger partial charge is 0.388 e. The molecule has 0 amide bonds. The van der Waals surface area contributed by atoms with Crippen LogP contribution >= 0.6 is 0 Å². The van der Waals surface area contributed by atoms with E-state index in [-0.39, 0.29) is 16.9 Å². The predicted octanol–water partition coefficient (Wildman–Crippen LogP) is 2.79. The van der Waals surface area contributed by atoms with Crippen molar-refractivity contribution in [3.8, 4) is 0 Å². The number of nitrogens with one attached hydrogen (secondary N) is 1. The van der Waals surface area contributed by atoms with Crippen LogP contribution in [-0.2, 0) is 28.3 Å². The van der Waals surface area contributed by atoms with Gasteiger partial charge >= 0.3 is 0 Å². The van der Waals surface area contributed by atoms with Gasteiger partial charge in [0.15, 0.2) is 0 Å². The highest BCUT2D eigenvalue weighted by Crippen LogP contribution is 2.30. The van der Waals surface area contributed by atoms with Crippen molar-refractivity contribution < 1.29 is 13.5 Å². The van der Waals surface area contributed by atoms with Gasteiger partial charge in [-0.3, -0.25) is 0 Å². The molecule has 2 aromatic carbocycles. The summed E-state index contributed by atoms with van der Waals surface area (Å²) in [5, 5.41) is 10.7. The lowest BCUT2D eigenvalue weighted by Crippen LogP contribution is -2.43. The molecular weight excluding hydrogens is 334 g/mol. The van der Waals surface area contributed by atoms with Crippen LogP contribution in [0.15, 0.2) is 53.4 Å². The molecule has 0 spiro atoms. The standard InChI is InChI=1S/C20H25NO3S/c1-19(2,3)17-8-10-18(11-9-17)25(23,24)21-14-20(22)12-15-6-4-5-7-16(15)13-20/h4-11,21-22H,12-14H2,1-3H3. The van der Waals surface area contributed by atoms with Crippen molar-refractivity contribution in [3.05, 3.63) is 65.2 Å². The summed E-state index contributed by atoms with van der Waals surface area (Å²) in [5.74, 6) is 0. The van der Waals surface area contributed by atoms with E-state index in [0.29, 0.717) is 12.8 Å². The summed E-state index contributed by atoms with van der Waals surface area (Å²) < 4.78 is 27.7. The van der Waals surface area contributed by atoms with E-state index < -0.39 is 15.6 Å². The first-order valence-corrected chi connectivity index (χ1v) is 9.97. The van der Waals surface area contributed by atoms with E-state index in [1.165, 1.54) is 0 Å². The highest BCUT2D eigenvalue weighted by atomic mass is 32.2. The second-order valence-electron chi connectivity index (χ2n) is 7.95. The number of aliphatic hydroxyl groups is 1. The van der Waals surface area contributed by atoms with E-state index in [4.69, 9.17) is 0 Å². The van der Waals surface area contributed by atoms with Gasteiger partial charge in [-0.15, -0.1) is 0 Å². The average molecular weight is 359 g/mol. The Morgan fingerprint density at radius 3 is 2.00 bits per heavy atom. The third-order valence-corrected chi connectivity index (χ3v) is 6.20. The summed E-state index contributed by atoms with van der Waals surface area (Å²) in [7, 11) is -3.65. The van der Waals surface area contributed by atoms with Crippen molar-refractivity contribution in [2.24, 2.45) is 0 Å². The first-order valence-electron chi connectivity index (χ1n) is 8.49. The molecule has 0 radical (unpaired) electrons. The first-order chi connectivity index (χ1) is 11.6. The van der Waals surface area contributed by atoms with Crippen molar-refractivity contribution in [3.63, 3.8) is 0 Å². The highest BCUT2D eigenvalue weighted by molar-refractivity contribution is 7.89. The molecule has 1 aliphatic carbocycles. The number of fused-ring (bicyclic) bond motifs is 1. The minimum Gasteiger partial charge on any atom is -0.388 e. The van der Waals surface area contributed by atoms with Gasteiger partial charge in [0, 0.05) is 19.4 Å². The van der Waals surface area contributed by atoms with Gasteiger partial charge in [0.25, 0.3) is 0 Å². The zero-order valence-electron chi connectivity index (χ0n) is 14.9. The van der Waals surface area contributed by atoms with Gasteiger partial charge in [0.2, 0.25) is 10.0 Å². The number of rotatable bonds is 4. The first kappa shape index (κ1) is 18.1. The zero-order chi connectivity index (χ0) is 18.3. The normalized spacial score (nSPS) is 16.6. The predicted molar refractivity (Wildman–Crippen MR) is 99.1 cm³/mol. The molecule has 5 heteroatoms. The van der Waals surface area contributed by atoms with Gasteiger partial charge in [0.05, 0.1) is 10.5 Å². The quantitative estimate of drug-likeness (QED) is 0.882. The number of hydrogen-bond donors (Lipinski definition) is 2. The van der Waals surface area contributed by atoms with Crippen LogP contribution in [0.5, 0.6) is 0 Å². The van der Waals surface area contributed by atoms with E-state index >= 15 is 0 Å². The Balaban J connectivity index is 1.70. The van der Waals surface area contributed by atoms with Crippen molar-refractivity contribution in [1.29, 1.82) is 0 Å². The Bertz CT molecular complexity index is 840. The summed E-state index contributed by atoms with van der Waals surface area (Å²) >= 11 is 0. The molecule has 0 aliphatic heterocycles. The minimum absolute atomic E-state index is 0.00500. The van der Waals surface area contributed by atoms with Crippen LogP contribution in [0.3, 0.4) is 0 Å². The molecule has 0 saturated heterocycles. The fraction of sp³-hybridized carbons (Fsp3) is 0.400. The van der Waals surface area contributed by atoms with Gasteiger partial charge in [-0.05, 0) is 34.2 Å². The number of hydrogen-bond acceptors (Lipinski definition) is 3. The van der Waals surface area contributed by atoms with E-state index in [1.807, 2.05) is 36.4 Å². The molecule has 2 aromatic rings. The second kappa shape index (κ2) is 6.24. The maximum atomic E-state index is 12.5. The van der Waals surface area contributed by atoms with Crippen LogP contribution < -0.4 is 4.72 Å². The molecule has 0 fully saturated rings. The monoisotopic (exact) mass is 359 g/mol. The van der Waals surface area contributed by atoms with Crippen LogP contribution in [0.25, 0.3) is 0 Å². The van der Waals surface area contributed by atoms with Crippen LogP contribution in [0.4, 0.5) is 0 Å². The van der Waals surface area contributed by atoms with Gasteiger partial charge in [-0.1, -0.05) is 57.2 Å². The fourth-order valence-electron chi connectivity index (χ4n) is 3.25. The molecule has 0 atom stereocenters. The van der Waals surface area contributed by atoms with Crippen molar-refractivity contribution in [2.45, 2.75) is 49.5 Å². The van der Waals surface area contributed by atoms with E-state index in [1.54, 1.807) is 12.1 Å². The minimum atomic E-state index is -3.65. The lowest BCUT2D eigenvalue weighted by molar-refractivity contribution is 0.0567. The van der Waals surface area contributed by atoms with Crippen molar-refractivity contribution >= 4 is 10.0 Å². The summed E-state index contributed by atoms with van der Waals surface area (Å²) in [6, 6.07) is 14.8. The molecule has 0 heterocycles. The molecule has 0 saturated carbocycles. The van der Waals surface area contributed by atoms with E-state index in [2.05, 4.69) is 25.5 Å². The van der Waals surface area contributed by atoms with E-state index in [9.17, 15) is 13.5 Å². The number of benzene rings is 2. The second-order valence-corrected chi connectivity index (χ2v) is 9.71. The van der Waals surface area contributed by atoms with Gasteiger partial charge < -0.3 is 5.11 Å². The van der Waals surface area contributed by atoms with Crippen LogP contribution in [-0.4, -0.2) is 25.7 Å². The molecule has 1 aliphatic rings. The summed E-state index contributed by atoms with van der Waals surface area (Å²) in [4.78, 5) is 0.222. The molecule has 3 rings (SSSR count). The van der Waals surface area contributed by atoms with Crippen LogP contribution in [0.2, 0.25) is 0 Å². The maximum Gasteiger partial charge on any atom is 0.240 e. The zero-order valence-corrected chi connectivity index (χ0v) is 15.7. The molecular formula is C20H25NO3S. The SMILES string of the molecule is CC(C)(C)c1ccc(S(=O)(=O)NCC2(O)Cc3ccccc3C2)cc1. The molecule has 2 N–H and O–H groups in total.